The third-order valence-corrected chi connectivity index (χ3v) is 6.00. The standard InChI is InChI=1S/C21H13Br2Cl3N2O2/c22-16-7-12(10-27-28-21(29)15-3-1-2-4-18(15)25)8-17(23)20(16)30-11-13-5-6-14(24)9-19(13)26/h1-10H,11H2,(H,28,29)/b27-10-. The maximum atomic E-state index is 12.1. The molecule has 0 aliphatic heterocycles. The molecule has 0 aromatic heterocycles. The highest BCUT2D eigenvalue weighted by atomic mass is 79.9. The van der Waals surface area contributed by atoms with Gasteiger partial charge in [-0.2, -0.15) is 5.10 Å². The number of nitrogens with one attached hydrogen (secondary N) is 1. The van der Waals surface area contributed by atoms with E-state index in [-0.39, 0.29) is 6.61 Å². The minimum absolute atomic E-state index is 0.272. The second kappa shape index (κ2) is 10.6. The van der Waals surface area contributed by atoms with Crippen LogP contribution in [0, 0.1) is 0 Å². The summed E-state index contributed by atoms with van der Waals surface area (Å²) >= 11 is 25.1. The van der Waals surface area contributed by atoms with Gasteiger partial charge in [-0.3, -0.25) is 4.79 Å². The lowest BCUT2D eigenvalue weighted by molar-refractivity contribution is 0.0955. The monoisotopic (exact) mass is 588 g/mol. The maximum Gasteiger partial charge on any atom is 0.272 e. The van der Waals surface area contributed by atoms with E-state index in [1.54, 1.807) is 36.4 Å². The van der Waals surface area contributed by atoms with Crippen molar-refractivity contribution < 1.29 is 9.53 Å². The van der Waals surface area contributed by atoms with Crippen molar-refractivity contribution in [2.45, 2.75) is 6.61 Å². The van der Waals surface area contributed by atoms with Crippen molar-refractivity contribution in [3.05, 3.63) is 95.3 Å². The van der Waals surface area contributed by atoms with Crippen molar-refractivity contribution >= 4 is 78.8 Å². The van der Waals surface area contributed by atoms with Crippen molar-refractivity contribution in [3.63, 3.8) is 0 Å². The molecule has 30 heavy (non-hydrogen) atoms. The Balaban J connectivity index is 1.67. The van der Waals surface area contributed by atoms with Gasteiger partial charge < -0.3 is 4.74 Å². The molecule has 0 spiro atoms. The Morgan fingerprint density at radius 3 is 2.37 bits per heavy atom. The molecule has 0 aliphatic carbocycles. The molecule has 154 valence electrons. The number of halogens is 5. The summed E-state index contributed by atoms with van der Waals surface area (Å²) in [5.41, 5.74) is 4.36. The van der Waals surface area contributed by atoms with Gasteiger partial charge in [0.05, 0.1) is 25.7 Å². The van der Waals surface area contributed by atoms with E-state index in [9.17, 15) is 4.79 Å². The first-order valence-electron chi connectivity index (χ1n) is 8.49. The third kappa shape index (κ3) is 5.99. The number of hydrogen-bond donors (Lipinski definition) is 1. The molecule has 1 amide bonds. The minimum atomic E-state index is -0.394. The number of carbonyl (C=O) groups is 1. The third-order valence-electron chi connectivity index (χ3n) is 3.91. The van der Waals surface area contributed by atoms with Crippen LogP contribution in [0.2, 0.25) is 15.1 Å². The van der Waals surface area contributed by atoms with Crippen LogP contribution in [0.4, 0.5) is 0 Å². The van der Waals surface area contributed by atoms with Crippen LogP contribution in [0.15, 0.2) is 68.6 Å². The number of rotatable bonds is 6. The van der Waals surface area contributed by atoms with Gasteiger partial charge >= 0.3 is 0 Å². The molecule has 0 unspecified atom stereocenters. The second-order valence-electron chi connectivity index (χ2n) is 6.02. The molecule has 0 atom stereocenters. The summed E-state index contributed by atoms with van der Waals surface area (Å²) in [6, 6.07) is 15.6. The predicted molar refractivity (Wildman–Crippen MR) is 129 cm³/mol. The smallest absolute Gasteiger partial charge is 0.272 e. The molecule has 3 aromatic rings. The van der Waals surface area contributed by atoms with Crippen LogP contribution in [0.1, 0.15) is 21.5 Å². The summed E-state index contributed by atoms with van der Waals surface area (Å²) in [6.07, 6.45) is 1.52. The van der Waals surface area contributed by atoms with Gasteiger partial charge in [-0.25, -0.2) is 5.43 Å². The summed E-state index contributed by atoms with van der Waals surface area (Å²) in [6.45, 7) is 0.272. The Labute approximate surface area is 205 Å². The molecular weight excluding hydrogens is 578 g/mol. The van der Waals surface area contributed by atoms with Crippen LogP contribution < -0.4 is 10.2 Å². The van der Waals surface area contributed by atoms with Gasteiger partial charge in [0.2, 0.25) is 0 Å². The Hall–Kier alpha value is -1.57. The van der Waals surface area contributed by atoms with Crippen molar-refractivity contribution in [1.29, 1.82) is 0 Å². The highest BCUT2D eigenvalue weighted by Gasteiger charge is 2.11. The first-order chi connectivity index (χ1) is 14.3. The van der Waals surface area contributed by atoms with Crippen LogP contribution >= 0.6 is 66.7 Å². The summed E-state index contributed by atoms with van der Waals surface area (Å²) in [5, 5.41) is 5.45. The van der Waals surface area contributed by atoms with E-state index in [0.717, 1.165) is 11.1 Å². The molecule has 4 nitrogen and oxygen atoms in total. The Kier molecular flexibility index (Phi) is 8.20. The number of hydrazone groups is 1. The number of hydrogen-bond acceptors (Lipinski definition) is 3. The molecule has 0 fully saturated rings. The fourth-order valence-electron chi connectivity index (χ4n) is 2.45. The highest BCUT2D eigenvalue weighted by Crippen LogP contribution is 2.35. The number of carbonyl (C=O) groups excluding carboxylic acids is 1. The predicted octanol–water partition coefficient (Wildman–Crippen LogP) is 7.51. The topological polar surface area (TPSA) is 50.7 Å². The van der Waals surface area contributed by atoms with Crippen LogP contribution in [-0.4, -0.2) is 12.1 Å². The Morgan fingerprint density at radius 1 is 1.00 bits per heavy atom. The van der Waals surface area contributed by atoms with E-state index in [2.05, 4.69) is 42.4 Å². The number of amides is 1. The molecule has 1 N–H and O–H groups in total. The van der Waals surface area contributed by atoms with Gasteiger partial charge in [-0.1, -0.05) is 53.0 Å². The van der Waals surface area contributed by atoms with Crippen molar-refractivity contribution in [2.24, 2.45) is 5.10 Å². The molecule has 9 heteroatoms. The van der Waals surface area contributed by atoms with Crippen LogP contribution in [0.25, 0.3) is 0 Å². The van der Waals surface area contributed by atoms with Gasteiger partial charge in [-0.15, -0.1) is 0 Å². The lowest BCUT2D eigenvalue weighted by Crippen LogP contribution is -2.17. The van der Waals surface area contributed by atoms with Crippen LogP contribution in [0.5, 0.6) is 5.75 Å². The van der Waals surface area contributed by atoms with Crippen LogP contribution in [-0.2, 0) is 6.61 Å². The fourth-order valence-corrected chi connectivity index (χ4v) is 4.59. The molecule has 0 bridgehead atoms. The lowest BCUT2D eigenvalue weighted by atomic mass is 10.2. The summed E-state index contributed by atoms with van der Waals surface area (Å²) in [4.78, 5) is 12.1. The van der Waals surface area contributed by atoms with Gasteiger partial charge in [0.1, 0.15) is 12.4 Å². The first kappa shape index (κ1) is 23.1. The molecule has 0 aliphatic rings. The molecule has 0 saturated carbocycles. The average molecular weight is 592 g/mol. The first-order valence-corrected chi connectivity index (χ1v) is 11.2. The zero-order valence-corrected chi connectivity index (χ0v) is 20.6. The average Bonchev–Trinajstić information content (AvgIpc) is 2.69. The van der Waals surface area contributed by atoms with E-state index in [1.165, 1.54) is 6.21 Å². The van der Waals surface area contributed by atoms with Gasteiger partial charge in [-0.05, 0) is 73.8 Å². The highest BCUT2D eigenvalue weighted by molar-refractivity contribution is 9.11. The fraction of sp³-hybridized carbons (Fsp3) is 0.0476. The summed E-state index contributed by atoms with van der Waals surface area (Å²) in [7, 11) is 0. The van der Waals surface area contributed by atoms with Gasteiger partial charge in [0.25, 0.3) is 5.91 Å². The molecule has 0 radical (unpaired) electrons. The van der Waals surface area contributed by atoms with Crippen molar-refractivity contribution in [2.75, 3.05) is 0 Å². The lowest BCUT2D eigenvalue weighted by Gasteiger charge is -2.12. The Bertz CT molecular complexity index is 1100. The minimum Gasteiger partial charge on any atom is -0.486 e. The van der Waals surface area contributed by atoms with Gasteiger partial charge in [0, 0.05) is 15.6 Å². The molecule has 0 saturated heterocycles. The largest absolute Gasteiger partial charge is 0.486 e. The maximum absolute atomic E-state index is 12.1. The van der Waals surface area contributed by atoms with Crippen LogP contribution in [0.3, 0.4) is 0 Å². The summed E-state index contributed by atoms with van der Waals surface area (Å²) < 4.78 is 7.31. The molecule has 3 rings (SSSR count). The number of nitrogens with zero attached hydrogens (tertiary/aromatic N) is 1. The molecule has 0 heterocycles. The SMILES string of the molecule is O=C(N/N=C\c1cc(Br)c(OCc2ccc(Cl)cc2Cl)c(Br)c1)c1ccccc1Cl. The van der Waals surface area contributed by atoms with Gasteiger partial charge in [0.15, 0.2) is 0 Å². The van der Waals surface area contributed by atoms with E-state index >= 15 is 0 Å². The molecular formula is C21H13Br2Cl3N2O2. The van der Waals surface area contributed by atoms with E-state index in [4.69, 9.17) is 39.5 Å². The van der Waals surface area contributed by atoms with Crippen molar-refractivity contribution in [3.8, 4) is 5.75 Å². The van der Waals surface area contributed by atoms with Crippen molar-refractivity contribution in [1.82, 2.24) is 5.43 Å². The quantitative estimate of drug-likeness (QED) is 0.238. The number of ether oxygens (including phenoxy) is 1. The second-order valence-corrected chi connectivity index (χ2v) is 8.98. The zero-order valence-electron chi connectivity index (χ0n) is 15.1. The number of benzene rings is 3. The zero-order chi connectivity index (χ0) is 21.7. The van der Waals surface area contributed by atoms with E-state index in [1.807, 2.05) is 18.2 Å². The van der Waals surface area contributed by atoms with E-state index in [0.29, 0.717) is 35.3 Å². The van der Waals surface area contributed by atoms with E-state index < -0.39 is 5.91 Å². The Morgan fingerprint density at radius 2 is 1.70 bits per heavy atom. The molecule has 3 aromatic carbocycles. The summed E-state index contributed by atoms with van der Waals surface area (Å²) in [5.74, 6) is 0.216. The normalized spacial score (nSPS) is 11.0.